The molecule has 2 aliphatic heterocycles. The third-order valence-corrected chi connectivity index (χ3v) is 6.77. The number of hydrogen-bond acceptors (Lipinski definition) is 6. The molecule has 3 aliphatic rings. The van der Waals surface area contributed by atoms with Gasteiger partial charge in [0.15, 0.2) is 0 Å². The van der Waals surface area contributed by atoms with Crippen molar-refractivity contribution in [3.8, 4) is 0 Å². The van der Waals surface area contributed by atoms with E-state index in [0.717, 1.165) is 70.0 Å². The van der Waals surface area contributed by atoms with Crippen molar-refractivity contribution in [2.75, 3.05) is 49.1 Å². The molecule has 3 fully saturated rings. The van der Waals surface area contributed by atoms with Crippen LogP contribution in [0.25, 0.3) is 0 Å². The maximum absolute atomic E-state index is 13.2. The molecular weight excluding hydrogens is 394 g/mol. The minimum atomic E-state index is -0.740. The Hall–Kier alpha value is -2.35. The quantitative estimate of drug-likeness (QED) is 0.638. The topological polar surface area (TPSA) is 97.8 Å². The molecule has 1 aromatic heterocycles. The highest BCUT2D eigenvalue weighted by Crippen LogP contribution is 2.28. The highest BCUT2D eigenvalue weighted by molar-refractivity contribution is 5.99. The van der Waals surface area contributed by atoms with Crippen molar-refractivity contribution in [3.63, 3.8) is 0 Å². The molecule has 3 N–H and O–H groups in total. The molecule has 0 bridgehead atoms. The number of hydrogen-bond donors (Lipinski definition) is 3. The van der Waals surface area contributed by atoms with Crippen molar-refractivity contribution in [2.24, 2.45) is 5.92 Å². The van der Waals surface area contributed by atoms with E-state index < -0.39 is 5.97 Å². The molecule has 1 amide bonds. The number of anilines is 2. The van der Waals surface area contributed by atoms with Crippen LogP contribution in [0.2, 0.25) is 0 Å². The summed E-state index contributed by atoms with van der Waals surface area (Å²) in [6, 6.07) is 4.11. The number of aliphatic carboxylic acids is 1. The number of aromatic nitrogens is 1. The summed E-state index contributed by atoms with van der Waals surface area (Å²) in [5, 5.41) is 15.8. The van der Waals surface area contributed by atoms with Crippen LogP contribution in [0.4, 0.5) is 11.6 Å². The molecule has 8 heteroatoms. The third-order valence-electron chi connectivity index (χ3n) is 6.77. The Bertz CT molecular complexity index is 774. The maximum atomic E-state index is 13.2. The van der Waals surface area contributed by atoms with Crippen molar-refractivity contribution in [2.45, 2.75) is 57.4 Å². The zero-order chi connectivity index (χ0) is 21.6. The van der Waals surface area contributed by atoms with Crippen LogP contribution in [0.3, 0.4) is 0 Å². The van der Waals surface area contributed by atoms with E-state index >= 15 is 0 Å². The van der Waals surface area contributed by atoms with E-state index in [4.69, 9.17) is 4.98 Å². The first-order chi connectivity index (χ1) is 15.1. The predicted molar refractivity (Wildman–Crippen MR) is 121 cm³/mol. The average molecular weight is 430 g/mol. The minimum absolute atomic E-state index is 0.0260. The molecule has 8 nitrogen and oxygen atoms in total. The van der Waals surface area contributed by atoms with Gasteiger partial charge in [0.05, 0.1) is 5.56 Å². The summed E-state index contributed by atoms with van der Waals surface area (Å²) < 4.78 is 0. The molecule has 170 valence electrons. The van der Waals surface area contributed by atoms with Crippen LogP contribution in [0.1, 0.15) is 61.7 Å². The number of amides is 1. The Labute approximate surface area is 184 Å². The Balaban J connectivity index is 1.55. The lowest BCUT2D eigenvalue weighted by atomic mass is 9.95. The van der Waals surface area contributed by atoms with Gasteiger partial charge in [-0.1, -0.05) is 19.3 Å². The van der Waals surface area contributed by atoms with Crippen LogP contribution >= 0.6 is 0 Å². The SMILES string of the molecule is O=C(O)C[C@@H]1CCCN(c2ccc(C(=O)NC3CCCCC3)c(N3CCNCC3)n2)C1. The van der Waals surface area contributed by atoms with Crippen LogP contribution in [-0.2, 0) is 4.79 Å². The van der Waals surface area contributed by atoms with Gasteiger partial charge in [-0.3, -0.25) is 9.59 Å². The van der Waals surface area contributed by atoms with E-state index in [1.165, 1.54) is 19.3 Å². The lowest BCUT2D eigenvalue weighted by Gasteiger charge is -2.35. The van der Waals surface area contributed by atoms with Gasteiger partial charge < -0.3 is 25.5 Å². The van der Waals surface area contributed by atoms with Crippen LogP contribution in [0, 0.1) is 5.92 Å². The predicted octanol–water partition coefficient (Wildman–Crippen LogP) is 2.24. The summed E-state index contributed by atoms with van der Waals surface area (Å²) in [5.74, 6) is 0.980. The van der Waals surface area contributed by atoms with Gasteiger partial charge in [-0.15, -0.1) is 0 Å². The first kappa shape index (κ1) is 21.9. The Morgan fingerprint density at radius 3 is 2.55 bits per heavy atom. The first-order valence-electron chi connectivity index (χ1n) is 11.8. The highest BCUT2D eigenvalue weighted by Gasteiger charge is 2.27. The zero-order valence-electron chi connectivity index (χ0n) is 18.3. The molecule has 1 atom stereocenters. The monoisotopic (exact) mass is 429 g/mol. The maximum Gasteiger partial charge on any atom is 0.303 e. The second kappa shape index (κ2) is 10.3. The summed E-state index contributed by atoms with van der Waals surface area (Å²) in [4.78, 5) is 33.7. The van der Waals surface area contributed by atoms with Gasteiger partial charge in [0.2, 0.25) is 0 Å². The number of nitrogens with zero attached hydrogens (tertiary/aromatic N) is 3. The second-order valence-electron chi connectivity index (χ2n) is 9.14. The van der Waals surface area contributed by atoms with Crippen molar-refractivity contribution in [3.05, 3.63) is 17.7 Å². The molecule has 4 rings (SSSR count). The number of carboxylic acid groups (broad SMARTS) is 1. The number of piperazine rings is 1. The number of piperidine rings is 1. The largest absolute Gasteiger partial charge is 0.481 e. The number of rotatable bonds is 6. The normalized spacial score (nSPS) is 22.9. The van der Waals surface area contributed by atoms with Crippen molar-refractivity contribution < 1.29 is 14.7 Å². The van der Waals surface area contributed by atoms with Gasteiger partial charge >= 0.3 is 5.97 Å². The standard InChI is InChI=1S/C23H35N5O3/c29-21(30)15-17-5-4-12-28(16-17)20-9-8-19(22(26-20)27-13-10-24-11-14-27)23(31)25-18-6-2-1-3-7-18/h8-9,17-18,24H,1-7,10-16H2,(H,25,31)(H,29,30)/t17-/m0/s1. The fourth-order valence-electron chi connectivity index (χ4n) is 5.11. The Morgan fingerprint density at radius 1 is 1.03 bits per heavy atom. The van der Waals surface area contributed by atoms with Crippen LogP contribution in [0.15, 0.2) is 12.1 Å². The molecule has 1 saturated carbocycles. The summed E-state index contributed by atoms with van der Waals surface area (Å²) >= 11 is 0. The number of nitrogens with one attached hydrogen (secondary N) is 2. The third kappa shape index (κ3) is 5.67. The average Bonchev–Trinajstić information content (AvgIpc) is 2.80. The molecule has 31 heavy (non-hydrogen) atoms. The number of pyridine rings is 1. The van der Waals surface area contributed by atoms with E-state index in [2.05, 4.69) is 20.4 Å². The smallest absolute Gasteiger partial charge is 0.303 e. The molecule has 0 radical (unpaired) electrons. The number of carbonyl (C=O) groups is 2. The minimum Gasteiger partial charge on any atom is -0.481 e. The molecule has 0 unspecified atom stereocenters. The second-order valence-corrected chi connectivity index (χ2v) is 9.14. The summed E-state index contributed by atoms with van der Waals surface area (Å²) in [6.07, 6.45) is 7.83. The van der Waals surface area contributed by atoms with E-state index in [9.17, 15) is 14.7 Å². The van der Waals surface area contributed by atoms with Crippen molar-refractivity contribution in [1.29, 1.82) is 0 Å². The van der Waals surface area contributed by atoms with E-state index in [1.807, 2.05) is 12.1 Å². The van der Waals surface area contributed by atoms with Crippen molar-refractivity contribution >= 4 is 23.5 Å². The van der Waals surface area contributed by atoms with Gasteiger partial charge in [-0.25, -0.2) is 4.98 Å². The molecular formula is C23H35N5O3. The number of carbonyl (C=O) groups excluding carboxylic acids is 1. The number of carboxylic acids is 1. The highest BCUT2D eigenvalue weighted by atomic mass is 16.4. The van der Waals surface area contributed by atoms with Gasteiger partial charge in [0, 0.05) is 51.7 Å². The van der Waals surface area contributed by atoms with Gasteiger partial charge in [0.1, 0.15) is 11.6 Å². The van der Waals surface area contributed by atoms with Crippen molar-refractivity contribution in [1.82, 2.24) is 15.6 Å². The molecule has 3 heterocycles. The lowest BCUT2D eigenvalue weighted by molar-refractivity contribution is -0.138. The molecule has 2 saturated heterocycles. The van der Waals surface area contributed by atoms with E-state index in [0.29, 0.717) is 12.1 Å². The fourth-order valence-corrected chi connectivity index (χ4v) is 5.11. The van der Waals surface area contributed by atoms with Gasteiger partial charge in [-0.05, 0) is 43.7 Å². The van der Waals surface area contributed by atoms with Crippen LogP contribution in [0.5, 0.6) is 0 Å². The zero-order valence-corrected chi connectivity index (χ0v) is 18.3. The fraction of sp³-hybridized carbons (Fsp3) is 0.696. The lowest BCUT2D eigenvalue weighted by Crippen LogP contribution is -2.45. The van der Waals surface area contributed by atoms with Gasteiger partial charge in [-0.2, -0.15) is 0 Å². The van der Waals surface area contributed by atoms with Gasteiger partial charge in [0.25, 0.3) is 5.91 Å². The molecule has 1 aliphatic carbocycles. The van der Waals surface area contributed by atoms with Crippen LogP contribution < -0.4 is 20.4 Å². The molecule has 1 aromatic rings. The van der Waals surface area contributed by atoms with E-state index in [1.54, 1.807) is 0 Å². The summed E-state index contributed by atoms with van der Waals surface area (Å²) in [7, 11) is 0. The Kier molecular flexibility index (Phi) is 7.27. The first-order valence-corrected chi connectivity index (χ1v) is 11.8. The van der Waals surface area contributed by atoms with E-state index in [-0.39, 0.29) is 24.3 Å². The Morgan fingerprint density at radius 2 is 1.81 bits per heavy atom. The molecule has 0 aromatic carbocycles. The van der Waals surface area contributed by atoms with Crippen LogP contribution in [-0.4, -0.2) is 67.3 Å². The summed E-state index contributed by atoms with van der Waals surface area (Å²) in [5.41, 5.74) is 0.648. The summed E-state index contributed by atoms with van der Waals surface area (Å²) in [6.45, 7) is 4.97. The molecule has 0 spiro atoms.